The molecule has 0 radical (unpaired) electrons. The second-order valence-corrected chi connectivity index (χ2v) is 5.57. The van der Waals surface area contributed by atoms with Crippen LogP contribution in [0, 0.1) is 0 Å². The summed E-state index contributed by atoms with van der Waals surface area (Å²) in [5, 5.41) is 15.7. The third kappa shape index (κ3) is 2.37. The number of amidine groups is 2. The Balaban J connectivity index is 1.71. The Morgan fingerprint density at radius 2 is 1.09 bits per heavy atom. The van der Waals surface area contributed by atoms with E-state index in [4.69, 9.17) is 0 Å². The number of nitrogens with one attached hydrogen (secondary N) is 2. The predicted molar refractivity (Wildman–Crippen MR) is 89.4 cm³/mol. The van der Waals surface area contributed by atoms with Crippen LogP contribution in [0.3, 0.4) is 0 Å². The lowest BCUT2D eigenvalue weighted by Crippen LogP contribution is -2.34. The van der Waals surface area contributed by atoms with E-state index in [1.54, 1.807) is 0 Å². The highest BCUT2D eigenvalue weighted by molar-refractivity contribution is 6.03. The summed E-state index contributed by atoms with van der Waals surface area (Å²) in [6, 6.07) is 16.8. The van der Waals surface area contributed by atoms with Crippen molar-refractivity contribution in [1.29, 1.82) is 0 Å². The van der Waals surface area contributed by atoms with Crippen molar-refractivity contribution in [3.8, 4) is 0 Å². The molecule has 4 rings (SSSR count). The average Bonchev–Trinajstić information content (AvgIpc) is 2.60. The lowest BCUT2D eigenvalue weighted by molar-refractivity contribution is 0.819. The molecule has 110 valence electrons. The zero-order chi connectivity index (χ0) is 14.8. The number of rotatable bonds is 1. The van der Waals surface area contributed by atoms with Crippen LogP contribution in [0.25, 0.3) is 0 Å². The Kier molecular flexibility index (Phi) is 3.35. The number of nitrogens with zero attached hydrogens (tertiary/aromatic N) is 2. The summed E-state index contributed by atoms with van der Waals surface area (Å²) >= 11 is 0. The quantitative estimate of drug-likeness (QED) is 0.790. The molecule has 2 aromatic carbocycles. The molecule has 2 aliphatic rings. The first-order chi connectivity index (χ1) is 10.9. The van der Waals surface area contributed by atoms with Gasteiger partial charge >= 0.3 is 0 Å². The molecule has 0 fully saturated rings. The Morgan fingerprint density at radius 3 is 1.59 bits per heavy atom. The summed E-state index contributed by atoms with van der Waals surface area (Å²) in [6.45, 7) is 1.81. The SMILES string of the molecule is c1ccc2c(c1)CCN/C2=N\N=C1/NCCc2ccccc21. The summed E-state index contributed by atoms with van der Waals surface area (Å²) < 4.78 is 0. The van der Waals surface area contributed by atoms with Gasteiger partial charge in [0.1, 0.15) is 0 Å². The van der Waals surface area contributed by atoms with Crippen molar-refractivity contribution in [3.63, 3.8) is 0 Å². The molecule has 4 nitrogen and oxygen atoms in total. The maximum Gasteiger partial charge on any atom is 0.156 e. The first kappa shape index (κ1) is 13.1. The van der Waals surface area contributed by atoms with Crippen LogP contribution in [-0.4, -0.2) is 24.8 Å². The molecule has 2 N–H and O–H groups in total. The van der Waals surface area contributed by atoms with E-state index in [0.717, 1.165) is 48.7 Å². The number of hydrogen-bond donors (Lipinski definition) is 2. The first-order valence-corrected chi connectivity index (χ1v) is 7.72. The summed E-state index contributed by atoms with van der Waals surface area (Å²) in [4.78, 5) is 0. The van der Waals surface area contributed by atoms with Gasteiger partial charge in [-0.05, 0) is 24.0 Å². The third-order valence-electron chi connectivity index (χ3n) is 4.17. The summed E-state index contributed by atoms with van der Waals surface area (Å²) in [5.74, 6) is 1.72. The largest absolute Gasteiger partial charge is 0.368 e. The van der Waals surface area contributed by atoms with Crippen molar-refractivity contribution in [3.05, 3.63) is 70.8 Å². The summed E-state index contributed by atoms with van der Waals surface area (Å²) in [7, 11) is 0. The molecule has 0 aromatic heterocycles. The Labute approximate surface area is 130 Å². The van der Waals surface area contributed by atoms with Crippen LogP contribution >= 0.6 is 0 Å². The van der Waals surface area contributed by atoms with Gasteiger partial charge in [-0.1, -0.05) is 48.5 Å². The fourth-order valence-electron chi connectivity index (χ4n) is 3.04. The summed E-state index contributed by atoms with van der Waals surface area (Å²) in [5.41, 5.74) is 4.97. The van der Waals surface area contributed by atoms with Gasteiger partial charge in [-0.3, -0.25) is 0 Å². The van der Waals surface area contributed by atoms with Gasteiger partial charge in [-0.15, -0.1) is 10.2 Å². The lowest BCUT2D eigenvalue weighted by Gasteiger charge is -2.20. The van der Waals surface area contributed by atoms with Crippen LogP contribution in [-0.2, 0) is 12.8 Å². The van der Waals surface area contributed by atoms with Crippen LogP contribution in [0.4, 0.5) is 0 Å². The van der Waals surface area contributed by atoms with Crippen LogP contribution in [0.15, 0.2) is 58.7 Å². The molecule has 0 saturated carbocycles. The molecule has 0 spiro atoms. The van der Waals surface area contributed by atoms with E-state index in [-0.39, 0.29) is 0 Å². The van der Waals surface area contributed by atoms with Crippen molar-refractivity contribution in [2.75, 3.05) is 13.1 Å². The van der Waals surface area contributed by atoms with Crippen molar-refractivity contribution in [1.82, 2.24) is 10.6 Å². The van der Waals surface area contributed by atoms with E-state index in [2.05, 4.69) is 57.2 Å². The average molecular weight is 290 g/mol. The maximum absolute atomic E-state index is 4.48. The second kappa shape index (κ2) is 5.64. The minimum atomic E-state index is 0.860. The highest BCUT2D eigenvalue weighted by Crippen LogP contribution is 2.16. The standard InChI is InChI=1S/C18H18N4/c1-3-7-15-13(5-1)9-11-19-17(15)21-22-18-16-8-4-2-6-14(16)10-12-20-18/h1-8H,9-12H2,(H,19,21)(H,20,22). The number of benzene rings is 2. The van der Waals surface area contributed by atoms with Crippen LogP contribution in [0.5, 0.6) is 0 Å². The van der Waals surface area contributed by atoms with E-state index in [1.807, 2.05) is 12.1 Å². The maximum atomic E-state index is 4.48. The van der Waals surface area contributed by atoms with E-state index in [9.17, 15) is 0 Å². The molecule has 0 aliphatic carbocycles. The molecule has 0 saturated heterocycles. The Bertz CT molecular complexity index is 696. The van der Waals surface area contributed by atoms with Crippen molar-refractivity contribution >= 4 is 11.7 Å². The molecule has 2 aliphatic heterocycles. The van der Waals surface area contributed by atoms with Crippen LogP contribution in [0.1, 0.15) is 22.3 Å². The van der Waals surface area contributed by atoms with Gasteiger partial charge in [0.05, 0.1) is 0 Å². The molecule has 0 amide bonds. The Hall–Kier alpha value is -2.62. The van der Waals surface area contributed by atoms with Gasteiger partial charge in [0.15, 0.2) is 11.7 Å². The molecule has 22 heavy (non-hydrogen) atoms. The predicted octanol–water partition coefficient (Wildman–Crippen LogP) is 2.09. The van der Waals surface area contributed by atoms with Gasteiger partial charge in [-0.25, -0.2) is 0 Å². The van der Waals surface area contributed by atoms with Gasteiger partial charge in [0.25, 0.3) is 0 Å². The van der Waals surface area contributed by atoms with Gasteiger partial charge in [-0.2, -0.15) is 0 Å². The van der Waals surface area contributed by atoms with Crippen molar-refractivity contribution < 1.29 is 0 Å². The lowest BCUT2D eigenvalue weighted by atomic mass is 10.0. The van der Waals surface area contributed by atoms with Crippen molar-refractivity contribution in [2.24, 2.45) is 10.2 Å². The highest BCUT2D eigenvalue weighted by Gasteiger charge is 2.16. The molecular weight excluding hydrogens is 272 g/mol. The fraction of sp³-hybridized carbons (Fsp3) is 0.222. The number of hydrogen-bond acceptors (Lipinski definition) is 2. The minimum absolute atomic E-state index is 0.860. The van der Waals surface area contributed by atoms with E-state index in [1.165, 1.54) is 11.1 Å². The monoisotopic (exact) mass is 290 g/mol. The summed E-state index contributed by atoms with van der Waals surface area (Å²) in [6.07, 6.45) is 2.07. The molecule has 4 heteroatoms. The normalized spacial score (nSPS) is 20.0. The zero-order valence-electron chi connectivity index (χ0n) is 12.3. The zero-order valence-corrected chi connectivity index (χ0v) is 12.3. The molecule has 2 heterocycles. The number of fused-ring (bicyclic) bond motifs is 2. The smallest absolute Gasteiger partial charge is 0.156 e. The fourth-order valence-corrected chi connectivity index (χ4v) is 3.04. The van der Waals surface area contributed by atoms with Crippen LogP contribution < -0.4 is 10.6 Å². The van der Waals surface area contributed by atoms with E-state index >= 15 is 0 Å². The first-order valence-electron chi connectivity index (χ1n) is 7.72. The molecule has 0 unspecified atom stereocenters. The minimum Gasteiger partial charge on any atom is -0.368 e. The molecular formula is C18H18N4. The van der Waals surface area contributed by atoms with Crippen LogP contribution in [0.2, 0.25) is 0 Å². The highest BCUT2D eigenvalue weighted by atomic mass is 15.3. The Morgan fingerprint density at radius 1 is 0.636 bits per heavy atom. The molecule has 2 aromatic rings. The second-order valence-electron chi connectivity index (χ2n) is 5.57. The van der Waals surface area contributed by atoms with Gasteiger partial charge < -0.3 is 10.6 Å². The van der Waals surface area contributed by atoms with E-state index in [0.29, 0.717) is 0 Å². The van der Waals surface area contributed by atoms with E-state index < -0.39 is 0 Å². The van der Waals surface area contributed by atoms with Crippen molar-refractivity contribution in [2.45, 2.75) is 12.8 Å². The molecule has 0 bridgehead atoms. The third-order valence-corrected chi connectivity index (χ3v) is 4.17. The van der Waals surface area contributed by atoms with Gasteiger partial charge in [0.2, 0.25) is 0 Å². The topological polar surface area (TPSA) is 48.8 Å². The van der Waals surface area contributed by atoms with Gasteiger partial charge in [0, 0.05) is 24.2 Å². The molecule has 0 atom stereocenters.